The Morgan fingerprint density at radius 1 is 1.12 bits per heavy atom. The Balaban J connectivity index is 2.06. The molecule has 0 aliphatic rings. The molecule has 24 heavy (non-hydrogen) atoms. The zero-order valence-electron chi connectivity index (χ0n) is 14.6. The third-order valence-corrected chi connectivity index (χ3v) is 4.25. The molecule has 0 aromatic heterocycles. The fourth-order valence-corrected chi connectivity index (χ4v) is 2.58. The molecule has 0 bridgehead atoms. The summed E-state index contributed by atoms with van der Waals surface area (Å²) in [4.78, 5) is 1.98. The predicted molar refractivity (Wildman–Crippen MR) is 103 cm³/mol. The lowest BCUT2D eigenvalue weighted by atomic mass is 10.1. The van der Waals surface area contributed by atoms with Crippen molar-refractivity contribution in [3.8, 4) is 11.5 Å². The van der Waals surface area contributed by atoms with Gasteiger partial charge in [-0.2, -0.15) is 0 Å². The Morgan fingerprint density at radius 3 is 2.58 bits per heavy atom. The Bertz CT molecular complexity index is 704. The Labute approximate surface area is 149 Å². The van der Waals surface area contributed by atoms with Crippen LogP contribution in [-0.2, 0) is 13.0 Å². The zero-order chi connectivity index (χ0) is 17.5. The highest BCUT2D eigenvalue weighted by atomic mass is 32.1. The van der Waals surface area contributed by atoms with Crippen LogP contribution in [0.25, 0.3) is 0 Å². The zero-order valence-corrected chi connectivity index (χ0v) is 15.4. The highest BCUT2D eigenvalue weighted by Gasteiger charge is 2.11. The minimum atomic E-state index is 0.645. The third-order valence-electron chi connectivity index (χ3n) is 3.83. The van der Waals surface area contributed by atoms with E-state index in [1.165, 1.54) is 5.56 Å². The highest BCUT2D eigenvalue weighted by Crippen LogP contribution is 2.25. The number of methoxy groups -OCH3 is 2. The Hall–Kier alpha value is -2.27. The number of nitrogens with one attached hydrogen (secondary N) is 1. The summed E-state index contributed by atoms with van der Waals surface area (Å²) in [6, 6.07) is 14.1. The van der Waals surface area contributed by atoms with Crippen LogP contribution in [0.1, 0.15) is 18.1 Å². The first-order chi connectivity index (χ1) is 11.6. The summed E-state index contributed by atoms with van der Waals surface area (Å²) in [6.45, 7) is 2.78. The van der Waals surface area contributed by atoms with E-state index in [0.717, 1.165) is 29.2 Å². The predicted octanol–water partition coefficient (Wildman–Crippen LogP) is 4.10. The van der Waals surface area contributed by atoms with Crippen LogP contribution in [0.2, 0.25) is 0 Å². The van der Waals surface area contributed by atoms with Crippen molar-refractivity contribution in [3.63, 3.8) is 0 Å². The second kappa shape index (κ2) is 8.55. The number of anilines is 1. The van der Waals surface area contributed by atoms with Gasteiger partial charge in [0.2, 0.25) is 0 Å². The molecular weight excluding hydrogens is 320 g/mol. The van der Waals surface area contributed by atoms with Gasteiger partial charge in [0, 0.05) is 30.9 Å². The summed E-state index contributed by atoms with van der Waals surface area (Å²) >= 11 is 5.51. The van der Waals surface area contributed by atoms with Gasteiger partial charge in [0.1, 0.15) is 11.5 Å². The third kappa shape index (κ3) is 4.61. The van der Waals surface area contributed by atoms with E-state index >= 15 is 0 Å². The van der Waals surface area contributed by atoms with E-state index in [9.17, 15) is 0 Å². The van der Waals surface area contributed by atoms with Crippen molar-refractivity contribution in [2.75, 3.05) is 26.6 Å². The molecule has 0 saturated carbocycles. The lowest BCUT2D eigenvalue weighted by molar-refractivity contribution is 0.384. The molecule has 0 atom stereocenters. The minimum Gasteiger partial charge on any atom is -0.497 e. The largest absolute Gasteiger partial charge is 0.497 e. The first-order valence-corrected chi connectivity index (χ1v) is 8.30. The van der Waals surface area contributed by atoms with Crippen LogP contribution < -0.4 is 14.8 Å². The molecule has 0 aliphatic heterocycles. The number of benzene rings is 2. The van der Waals surface area contributed by atoms with E-state index in [1.807, 2.05) is 42.3 Å². The number of nitrogens with zero attached hydrogens (tertiary/aromatic N) is 1. The molecule has 0 fully saturated rings. The molecule has 1 N–H and O–H groups in total. The van der Waals surface area contributed by atoms with E-state index in [0.29, 0.717) is 11.7 Å². The lowest BCUT2D eigenvalue weighted by Crippen LogP contribution is -2.30. The molecular formula is C19H24N2O2S. The topological polar surface area (TPSA) is 33.7 Å². The van der Waals surface area contributed by atoms with Gasteiger partial charge < -0.3 is 19.7 Å². The van der Waals surface area contributed by atoms with Gasteiger partial charge in [0.15, 0.2) is 5.11 Å². The molecule has 0 unspecified atom stereocenters. The van der Waals surface area contributed by atoms with Gasteiger partial charge in [-0.05, 0) is 48.5 Å². The van der Waals surface area contributed by atoms with Crippen LogP contribution >= 0.6 is 12.2 Å². The molecule has 2 rings (SSSR count). The normalized spacial score (nSPS) is 10.2. The van der Waals surface area contributed by atoms with E-state index in [-0.39, 0.29) is 0 Å². The smallest absolute Gasteiger partial charge is 0.173 e. The molecule has 0 spiro atoms. The average molecular weight is 344 g/mol. The maximum Gasteiger partial charge on any atom is 0.173 e. The molecule has 0 radical (unpaired) electrons. The SMILES string of the molecule is CCc1cccc(NC(=S)N(C)Cc2ccc(OC)cc2OC)c1. The maximum absolute atomic E-state index is 5.51. The Morgan fingerprint density at radius 2 is 1.92 bits per heavy atom. The monoisotopic (exact) mass is 344 g/mol. The van der Waals surface area contributed by atoms with Gasteiger partial charge >= 0.3 is 0 Å². The molecule has 0 aliphatic carbocycles. The van der Waals surface area contributed by atoms with Crippen molar-refractivity contribution in [2.24, 2.45) is 0 Å². The fraction of sp³-hybridized carbons (Fsp3) is 0.316. The van der Waals surface area contributed by atoms with Gasteiger partial charge in [0.05, 0.1) is 14.2 Å². The molecule has 0 heterocycles. The molecule has 2 aromatic carbocycles. The second-order valence-electron chi connectivity index (χ2n) is 5.52. The van der Waals surface area contributed by atoms with Gasteiger partial charge in [-0.15, -0.1) is 0 Å². The quantitative estimate of drug-likeness (QED) is 0.798. The summed E-state index contributed by atoms with van der Waals surface area (Å²) < 4.78 is 10.7. The van der Waals surface area contributed by atoms with Crippen LogP contribution in [0.15, 0.2) is 42.5 Å². The van der Waals surface area contributed by atoms with Crippen LogP contribution in [0.3, 0.4) is 0 Å². The van der Waals surface area contributed by atoms with Crippen LogP contribution in [-0.4, -0.2) is 31.3 Å². The second-order valence-corrected chi connectivity index (χ2v) is 5.90. The van der Waals surface area contributed by atoms with Crippen molar-refractivity contribution in [1.82, 2.24) is 4.90 Å². The van der Waals surface area contributed by atoms with E-state index < -0.39 is 0 Å². The van der Waals surface area contributed by atoms with Gasteiger partial charge in [-0.1, -0.05) is 19.1 Å². The molecule has 0 saturated heterocycles. The summed E-state index contributed by atoms with van der Waals surface area (Å²) in [5.74, 6) is 1.56. The van der Waals surface area contributed by atoms with Crippen LogP contribution in [0.5, 0.6) is 11.5 Å². The first kappa shape index (κ1) is 18.1. The number of thiocarbonyl (C=S) groups is 1. The van der Waals surface area contributed by atoms with Crippen LogP contribution in [0.4, 0.5) is 5.69 Å². The number of ether oxygens (including phenoxy) is 2. The summed E-state index contributed by atoms with van der Waals surface area (Å²) in [7, 11) is 5.26. The van der Waals surface area contributed by atoms with Crippen molar-refractivity contribution in [2.45, 2.75) is 19.9 Å². The summed E-state index contributed by atoms with van der Waals surface area (Å²) in [5, 5.41) is 3.96. The first-order valence-electron chi connectivity index (χ1n) is 7.89. The number of aryl methyl sites for hydroxylation is 1. The number of hydrogen-bond donors (Lipinski definition) is 1. The highest BCUT2D eigenvalue weighted by molar-refractivity contribution is 7.80. The van der Waals surface area contributed by atoms with Gasteiger partial charge in [0.25, 0.3) is 0 Å². The molecule has 128 valence electrons. The van der Waals surface area contributed by atoms with E-state index in [2.05, 4.69) is 24.4 Å². The fourth-order valence-electron chi connectivity index (χ4n) is 2.40. The molecule has 4 nitrogen and oxygen atoms in total. The van der Waals surface area contributed by atoms with Crippen molar-refractivity contribution in [3.05, 3.63) is 53.6 Å². The number of rotatable bonds is 6. The van der Waals surface area contributed by atoms with Crippen molar-refractivity contribution >= 4 is 23.0 Å². The minimum absolute atomic E-state index is 0.645. The molecule has 0 amide bonds. The maximum atomic E-state index is 5.51. The van der Waals surface area contributed by atoms with E-state index in [1.54, 1.807) is 14.2 Å². The lowest BCUT2D eigenvalue weighted by Gasteiger charge is -2.22. The Kier molecular flexibility index (Phi) is 6.44. The van der Waals surface area contributed by atoms with Crippen molar-refractivity contribution in [1.29, 1.82) is 0 Å². The van der Waals surface area contributed by atoms with Gasteiger partial charge in [-0.25, -0.2) is 0 Å². The van der Waals surface area contributed by atoms with Crippen molar-refractivity contribution < 1.29 is 9.47 Å². The van der Waals surface area contributed by atoms with E-state index in [4.69, 9.17) is 21.7 Å². The molecule has 5 heteroatoms. The number of hydrogen-bond acceptors (Lipinski definition) is 3. The molecule has 2 aromatic rings. The summed E-state index contributed by atoms with van der Waals surface area (Å²) in [5.41, 5.74) is 3.34. The van der Waals surface area contributed by atoms with Gasteiger partial charge in [-0.3, -0.25) is 0 Å². The standard InChI is InChI=1S/C19H24N2O2S/c1-5-14-7-6-8-16(11-14)20-19(24)21(2)13-15-9-10-17(22-3)12-18(15)23-4/h6-12H,5,13H2,1-4H3,(H,20,24). The summed E-state index contributed by atoms with van der Waals surface area (Å²) in [6.07, 6.45) is 1.00. The van der Waals surface area contributed by atoms with Crippen LogP contribution in [0, 0.1) is 0 Å². The average Bonchev–Trinajstić information content (AvgIpc) is 2.62.